The number of benzene rings is 2. The summed E-state index contributed by atoms with van der Waals surface area (Å²) in [6.07, 6.45) is 11.7. The smallest absolute Gasteiger partial charge is 0.121 e. The fourth-order valence-corrected chi connectivity index (χ4v) is 4.93. The molecule has 0 aliphatic carbocycles. The molecule has 27 heavy (non-hydrogen) atoms. The number of hydrogen-bond donors (Lipinski definition) is 0. The van der Waals surface area contributed by atoms with Crippen LogP contribution in [0.15, 0.2) is 62.2 Å². The van der Waals surface area contributed by atoms with Gasteiger partial charge in [0, 0.05) is 20.2 Å². The fraction of sp³-hybridized carbons (Fsp3) is 0.0833. The van der Waals surface area contributed by atoms with Crippen LogP contribution in [0.4, 0.5) is 0 Å². The van der Waals surface area contributed by atoms with E-state index in [0.29, 0.717) is 5.02 Å². The Balaban J connectivity index is 2.61. The van der Waals surface area contributed by atoms with Gasteiger partial charge in [0.2, 0.25) is 0 Å². The van der Waals surface area contributed by atoms with Gasteiger partial charge in [-0.25, -0.2) is 0 Å². The van der Waals surface area contributed by atoms with Gasteiger partial charge < -0.3 is 4.74 Å². The number of allylic oxidation sites excluding steroid dienone is 5. The Bertz CT molecular complexity index is 1130. The maximum absolute atomic E-state index is 6.68. The van der Waals surface area contributed by atoms with Crippen molar-refractivity contribution in [2.45, 2.75) is 6.92 Å². The number of methoxy groups -OCH3 is 1. The number of hydrogen-bond acceptors (Lipinski definition) is 2. The van der Waals surface area contributed by atoms with Gasteiger partial charge in [-0.15, -0.1) is 11.3 Å². The summed E-state index contributed by atoms with van der Waals surface area (Å²) >= 11 is 8.38. The van der Waals surface area contributed by atoms with E-state index in [1.807, 2.05) is 43.4 Å². The molecule has 1 nitrogen and oxygen atoms in total. The Morgan fingerprint density at radius 2 is 1.81 bits per heavy atom. The van der Waals surface area contributed by atoms with Crippen LogP contribution >= 0.6 is 22.9 Å². The standard InChI is InChI=1S/C24H21ClOS/c1-6-10-16(11-7-2)22-18(9-4)15(8-3)12-20-24(22)23-19(25)13-17(26-5)14-21(23)27-20/h6-14H,1,3-4H2,2,5H3/b11-7-,16-10+. The summed E-state index contributed by atoms with van der Waals surface area (Å²) in [5.74, 6) is 0.754. The van der Waals surface area contributed by atoms with Crippen molar-refractivity contribution in [2.24, 2.45) is 0 Å². The van der Waals surface area contributed by atoms with E-state index in [0.717, 1.165) is 48.2 Å². The van der Waals surface area contributed by atoms with Crippen molar-refractivity contribution >= 4 is 60.8 Å². The summed E-state index contributed by atoms with van der Waals surface area (Å²) in [5.41, 5.74) is 4.23. The molecule has 0 aliphatic heterocycles. The van der Waals surface area contributed by atoms with E-state index >= 15 is 0 Å². The lowest BCUT2D eigenvalue weighted by atomic mass is 9.90. The highest BCUT2D eigenvalue weighted by Gasteiger charge is 2.19. The van der Waals surface area contributed by atoms with Crippen LogP contribution in [0.3, 0.4) is 0 Å². The van der Waals surface area contributed by atoms with E-state index < -0.39 is 0 Å². The highest BCUT2D eigenvalue weighted by atomic mass is 35.5. The minimum atomic E-state index is 0.677. The highest BCUT2D eigenvalue weighted by Crippen LogP contribution is 2.46. The number of ether oxygens (including phenoxy) is 1. The lowest BCUT2D eigenvalue weighted by Crippen LogP contribution is -1.93. The first-order valence-corrected chi connectivity index (χ1v) is 9.76. The van der Waals surface area contributed by atoms with Gasteiger partial charge in [-0.3, -0.25) is 0 Å². The normalized spacial score (nSPS) is 12.0. The van der Waals surface area contributed by atoms with Crippen LogP contribution in [0.1, 0.15) is 23.6 Å². The van der Waals surface area contributed by atoms with Crippen molar-refractivity contribution in [3.05, 3.63) is 84.0 Å². The van der Waals surface area contributed by atoms with Gasteiger partial charge in [-0.05, 0) is 47.4 Å². The summed E-state index contributed by atoms with van der Waals surface area (Å²) in [5, 5.41) is 2.83. The van der Waals surface area contributed by atoms with Gasteiger partial charge in [-0.2, -0.15) is 0 Å². The van der Waals surface area contributed by atoms with Crippen molar-refractivity contribution in [3.8, 4) is 5.75 Å². The van der Waals surface area contributed by atoms with Crippen LogP contribution in [-0.2, 0) is 0 Å². The third-order valence-corrected chi connectivity index (χ3v) is 5.83. The summed E-state index contributed by atoms with van der Waals surface area (Å²) in [4.78, 5) is 0. The lowest BCUT2D eigenvalue weighted by molar-refractivity contribution is 0.415. The van der Waals surface area contributed by atoms with Gasteiger partial charge >= 0.3 is 0 Å². The predicted molar refractivity (Wildman–Crippen MR) is 124 cm³/mol. The maximum atomic E-state index is 6.68. The van der Waals surface area contributed by atoms with Crippen molar-refractivity contribution < 1.29 is 4.74 Å². The van der Waals surface area contributed by atoms with Crippen LogP contribution in [0.2, 0.25) is 5.02 Å². The van der Waals surface area contributed by atoms with Crippen LogP contribution < -0.4 is 4.74 Å². The molecule has 1 heterocycles. The monoisotopic (exact) mass is 392 g/mol. The SMILES string of the molecule is C=C/C=C(\C=C/C)c1c(C=C)c(C=C)cc2sc3cc(OC)cc(Cl)c3c12. The molecule has 3 aromatic rings. The molecule has 0 radical (unpaired) electrons. The summed E-state index contributed by atoms with van der Waals surface area (Å²) in [7, 11) is 1.65. The van der Waals surface area contributed by atoms with E-state index in [9.17, 15) is 0 Å². The Labute approximate surface area is 169 Å². The third kappa shape index (κ3) is 3.27. The molecular formula is C24H21ClOS. The Morgan fingerprint density at radius 3 is 2.41 bits per heavy atom. The predicted octanol–water partition coefficient (Wildman–Crippen LogP) is 8.15. The minimum Gasteiger partial charge on any atom is -0.497 e. The highest BCUT2D eigenvalue weighted by molar-refractivity contribution is 7.26. The number of rotatable bonds is 6. The van der Waals surface area contributed by atoms with E-state index in [1.165, 1.54) is 0 Å². The second-order valence-electron chi connectivity index (χ2n) is 5.98. The first-order valence-electron chi connectivity index (χ1n) is 8.57. The van der Waals surface area contributed by atoms with E-state index in [-0.39, 0.29) is 0 Å². The first-order chi connectivity index (χ1) is 13.1. The summed E-state index contributed by atoms with van der Waals surface area (Å²) in [6, 6.07) is 6.04. The second-order valence-corrected chi connectivity index (χ2v) is 7.47. The van der Waals surface area contributed by atoms with Gasteiger partial charge in [0.05, 0.1) is 12.1 Å². The number of thiophene rings is 1. The van der Waals surface area contributed by atoms with E-state index in [4.69, 9.17) is 16.3 Å². The molecule has 0 amide bonds. The fourth-order valence-electron chi connectivity index (χ4n) is 3.36. The van der Waals surface area contributed by atoms with Crippen molar-refractivity contribution in [1.82, 2.24) is 0 Å². The molecule has 1 aromatic heterocycles. The van der Waals surface area contributed by atoms with E-state index in [1.54, 1.807) is 24.5 Å². The quantitative estimate of drug-likeness (QED) is 0.384. The van der Waals surface area contributed by atoms with Gasteiger partial charge in [-0.1, -0.05) is 67.8 Å². The summed E-state index contributed by atoms with van der Waals surface area (Å²) in [6.45, 7) is 13.9. The Hall–Kier alpha value is -2.55. The molecule has 0 saturated heterocycles. The molecule has 0 fully saturated rings. The molecule has 0 spiro atoms. The zero-order valence-electron chi connectivity index (χ0n) is 15.5. The third-order valence-electron chi connectivity index (χ3n) is 4.45. The Kier molecular flexibility index (Phi) is 5.69. The van der Waals surface area contributed by atoms with Crippen molar-refractivity contribution in [3.63, 3.8) is 0 Å². The zero-order valence-corrected chi connectivity index (χ0v) is 17.1. The minimum absolute atomic E-state index is 0.677. The number of fused-ring (bicyclic) bond motifs is 3. The molecule has 0 N–H and O–H groups in total. The molecule has 0 unspecified atom stereocenters. The maximum Gasteiger partial charge on any atom is 0.121 e. The van der Waals surface area contributed by atoms with Gasteiger partial charge in [0.25, 0.3) is 0 Å². The molecular weight excluding hydrogens is 372 g/mol. The van der Waals surface area contributed by atoms with Gasteiger partial charge in [0.1, 0.15) is 5.75 Å². The molecule has 136 valence electrons. The van der Waals surface area contributed by atoms with E-state index in [2.05, 4.69) is 31.9 Å². The summed E-state index contributed by atoms with van der Waals surface area (Å²) < 4.78 is 7.63. The van der Waals surface area contributed by atoms with Crippen molar-refractivity contribution in [1.29, 1.82) is 0 Å². The van der Waals surface area contributed by atoms with Crippen LogP contribution in [0.25, 0.3) is 37.9 Å². The first kappa shape index (κ1) is 19.2. The van der Waals surface area contributed by atoms with Crippen LogP contribution in [-0.4, -0.2) is 7.11 Å². The average molecular weight is 393 g/mol. The molecule has 0 saturated carbocycles. The van der Waals surface area contributed by atoms with Crippen molar-refractivity contribution in [2.75, 3.05) is 7.11 Å². The molecule has 0 atom stereocenters. The van der Waals surface area contributed by atoms with Crippen LogP contribution in [0, 0.1) is 0 Å². The Morgan fingerprint density at radius 1 is 1.07 bits per heavy atom. The largest absolute Gasteiger partial charge is 0.497 e. The molecule has 3 rings (SSSR count). The molecule has 2 aromatic carbocycles. The zero-order chi connectivity index (χ0) is 19.6. The van der Waals surface area contributed by atoms with Crippen LogP contribution in [0.5, 0.6) is 5.75 Å². The average Bonchev–Trinajstić information content (AvgIpc) is 3.04. The second kappa shape index (κ2) is 7.99. The topological polar surface area (TPSA) is 9.23 Å². The molecule has 0 bridgehead atoms. The van der Waals surface area contributed by atoms with Gasteiger partial charge in [0.15, 0.2) is 0 Å². The number of halogens is 1. The molecule has 3 heteroatoms. The molecule has 0 aliphatic rings. The lowest BCUT2D eigenvalue weighted by Gasteiger charge is -2.14.